The molecule has 1 saturated heterocycles. The number of hydrogen-bond acceptors (Lipinski definition) is 3. The molecule has 0 aromatic rings. The molecule has 5 heteroatoms. The molecule has 0 spiro atoms. The van der Waals surface area contributed by atoms with E-state index in [1.54, 1.807) is 0 Å². The molecular weight excluding hydrogens is 145 g/mol. The fourth-order valence-electron chi connectivity index (χ4n) is 1.06. The number of hydroxylamine groups is 2. The first-order chi connectivity index (χ1) is 4.22. The molecule has 1 heterocycles. The monoisotopic (exact) mass is 153 g/mol. The van der Waals surface area contributed by atoms with E-state index in [2.05, 4.69) is 0 Å². The van der Waals surface area contributed by atoms with Crippen molar-refractivity contribution in [2.24, 2.45) is 0 Å². The predicted octanol–water partition coefficient (Wildman–Crippen LogP) is -5.71. The molecule has 1 rings (SSSR count). The van der Waals surface area contributed by atoms with Crippen LogP contribution >= 0.6 is 0 Å². The molecule has 1 aliphatic rings. The molecule has 10 heavy (non-hydrogen) atoms. The van der Waals surface area contributed by atoms with E-state index in [9.17, 15) is 15.1 Å². The Morgan fingerprint density at radius 2 is 2.20 bits per heavy atom. The number of nitrogens with one attached hydrogen (secondary N) is 1. The zero-order valence-corrected chi connectivity index (χ0v) is 7.92. The Morgan fingerprint density at radius 1 is 1.60 bits per heavy atom. The van der Waals surface area contributed by atoms with E-state index in [1.165, 1.54) is 0 Å². The molecule has 1 fully saturated rings. The number of hydrogen-bond donors (Lipinski definition) is 1. The maximum atomic E-state index is 10.6. The standard InChI is InChI=1S/C5H9NO3.Na/c7-5(8)4-2-1-3-6(4)9;/h4,6H,1-3H2,(H,7,8);/q;+1/p-1. The van der Waals surface area contributed by atoms with Crippen molar-refractivity contribution in [3.8, 4) is 0 Å². The molecule has 0 aromatic carbocycles. The summed E-state index contributed by atoms with van der Waals surface area (Å²) in [5.41, 5.74) is 0. The van der Waals surface area contributed by atoms with Gasteiger partial charge in [-0.2, -0.15) is 0 Å². The summed E-state index contributed by atoms with van der Waals surface area (Å²) in [6, 6.07) is -0.801. The topological polar surface area (TPSA) is 67.6 Å². The second-order valence-electron chi connectivity index (χ2n) is 2.23. The maximum Gasteiger partial charge on any atom is 1.00 e. The van der Waals surface area contributed by atoms with Crippen LogP contribution in [0.4, 0.5) is 0 Å². The van der Waals surface area contributed by atoms with Gasteiger partial charge in [-0.15, -0.1) is 0 Å². The third kappa shape index (κ3) is 2.21. The van der Waals surface area contributed by atoms with Gasteiger partial charge in [0.1, 0.15) is 6.04 Å². The van der Waals surface area contributed by atoms with Gasteiger partial charge in [0, 0.05) is 12.8 Å². The third-order valence-corrected chi connectivity index (χ3v) is 1.59. The van der Waals surface area contributed by atoms with Gasteiger partial charge < -0.3 is 20.2 Å². The maximum absolute atomic E-state index is 10.6. The van der Waals surface area contributed by atoms with Crippen LogP contribution in [-0.2, 0) is 4.79 Å². The predicted molar refractivity (Wildman–Crippen MR) is 27.2 cm³/mol. The fraction of sp³-hybridized carbons (Fsp3) is 0.800. The third-order valence-electron chi connectivity index (χ3n) is 1.59. The minimum atomic E-state index is -1.21. The summed E-state index contributed by atoms with van der Waals surface area (Å²) in [5.74, 6) is -1.21. The second kappa shape index (κ2) is 4.31. The second-order valence-corrected chi connectivity index (χ2v) is 2.23. The van der Waals surface area contributed by atoms with E-state index in [0.717, 1.165) is 0 Å². The van der Waals surface area contributed by atoms with Crippen molar-refractivity contribution in [2.75, 3.05) is 6.54 Å². The molecule has 2 unspecified atom stereocenters. The normalized spacial score (nSPS) is 31.3. The Bertz CT molecular complexity index is 130. The number of rotatable bonds is 1. The number of carboxylic acids is 1. The molecule has 4 nitrogen and oxygen atoms in total. The summed E-state index contributed by atoms with van der Waals surface area (Å²) < 4.78 is 0. The van der Waals surface area contributed by atoms with Crippen molar-refractivity contribution >= 4 is 5.97 Å². The van der Waals surface area contributed by atoms with Gasteiger partial charge in [0.2, 0.25) is 0 Å². The first-order valence-electron chi connectivity index (χ1n) is 2.95. The van der Waals surface area contributed by atoms with Gasteiger partial charge in [-0.25, -0.2) is 0 Å². The Labute approximate surface area is 81.1 Å². The van der Waals surface area contributed by atoms with Crippen LogP contribution in [0, 0.1) is 5.21 Å². The minimum Gasteiger partial charge on any atom is -0.634 e. The summed E-state index contributed by atoms with van der Waals surface area (Å²) in [5, 5.41) is 20.5. The molecule has 1 N–H and O–H groups in total. The van der Waals surface area contributed by atoms with Gasteiger partial charge in [0.05, 0.1) is 12.5 Å². The van der Waals surface area contributed by atoms with Crippen LogP contribution in [0.15, 0.2) is 0 Å². The van der Waals surface area contributed by atoms with E-state index in [1.807, 2.05) is 0 Å². The summed E-state index contributed by atoms with van der Waals surface area (Å²) in [6.07, 6.45) is 1.18. The quantitative estimate of drug-likeness (QED) is 0.301. The number of carboxylic acid groups (broad SMARTS) is 1. The molecule has 2 atom stereocenters. The van der Waals surface area contributed by atoms with E-state index >= 15 is 0 Å². The van der Waals surface area contributed by atoms with Gasteiger partial charge in [-0.05, 0) is 0 Å². The first kappa shape index (κ1) is 10.4. The van der Waals surface area contributed by atoms with Crippen molar-refractivity contribution in [1.29, 1.82) is 0 Å². The molecule has 0 aliphatic carbocycles. The number of quaternary nitrogens is 1. The van der Waals surface area contributed by atoms with E-state index < -0.39 is 12.0 Å². The van der Waals surface area contributed by atoms with Crippen LogP contribution in [0.1, 0.15) is 12.8 Å². The average molecular weight is 153 g/mol. The van der Waals surface area contributed by atoms with E-state index in [4.69, 9.17) is 0 Å². The van der Waals surface area contributed by atoms with E-state index in [-0.39, 0.29) is 34.6 Å². The first-order valence-corrected chi connectivity index (χ1v) is 2.95. The van der Waals surface area contributed by atoms with Gasteiger partial charge >= 0.3 is 29.6 Å². The Morgan fingerprint density at radius 3 is 2.40 bits per heavy atom. The number of carbonyl (C=O) groups excluding carboxylic acids is 1. The van der Waals surface area contributed by atoms with Gasteiger partial charge in [-0.1, -0.05) is 0 Å². The molecule has 0 bridgehead atoms. The van der Waals surface area contributed by atoms with Crippen molar-refractivity contribution in [3.63, 3.8) is 0 Å². The molecule has 0 amide bonds. The van der Waals surface area contributed by atoms with Crippen LogP contribution in [0.3, 0.4) is 0 Å². The Kier molecular flexibility index (Phi) is 4.47. The van der Waals surface area contributed by atoms with Crippen LogP contribution in [-0.4, -0.2) is 18.6 Å². The van der Waals surface area contributed by atoms with Crippen molar-refractivity contribution in [1.82, 2.24) is 0 Å². The Hall–Kier alpha value is 0.390. The Balaban J connectivity index is 0.000000810. The number of aliphatic carboxylic acids is 1. The van der Waals surface area contributed by atoms with Crippen LogP contribution in [0.2, 0.25) is 0 Å². The summed E-state index contributed by atoms with van der Waals surface area (Å²) >= 11 is 0. The van der Waals surface area contributed by atoms with Gasteiger partial charge in [-0.3, -0.25) is 0 Å². The van der Waals surface area contributed by atoms with Crippen LogP contribution < -0.4 is 39.7 Å². The average Bonchev–Trinajstić information content (AvgIpc) is 2.13. The minimum absolute atomic E-state index is 0. The molecule has 52 valence electrons. The summed E-state index contributed by atoms with van der Waals surface area (Å²) in [4.78, 5) is 10.1. The fourth-order valence-corrected chi connectivity index (χ4v) is 1.06. The largest absolute Gasteiger partial charge is 1.00 e. The molecule has 0 saturated carbocycles. The molecule has 0 aromatic heterocycles. The smallest absolute Gasteiger partial charge is 0.634 e. The zero-order chi connectivity index (χ0) is 6.85. The molecular formula is C5H8NNaO3. The van der Waals surface area contributed by atoms with Crippen molar-refractivity contribution < 1.29 is 44.5 Å². The summed E-state index contributed by atoms with van der Waals surface area (Å²) in [6.45, 7) is 0.415. The SMILES string of the molecule is O=C([O-])C1CCC[NH+]1[O-].[Na+]. The van der Waals surface area contributed by atoms with Gasteiger partial charge in [0.25, 0.3) is 0 Å². The van der Waals surface area contributed by atoms with Crippen molar-refractivity contribution in [2.45, 2.75) is 18.9 Å². The molecule has 1 aliphatic heterocycles. The summed E-state index contributed by atoms with van der Waals surface area (Å²) in [7, 11) is 0. The number of carbonyl (C=O) groups is 1. The zero-order valence-electron chi connectivity index (χ0n) is 5.92. The molecule has 0 radical (unpaired) electrons. The van der Waals surface area contributed by atoms with Crippen molar-refractivity contribution in [3.05, 3.63) is 5.21 Å². The van der Waals surface area contributed by atoms with Crippen LogP contribution in [0.5, 0.6) is 0 Å². The van der Waals surface area contributed by atoms with Gasteiger partial charge in [0.15, 0.2) is 0 Å². The van der Waals surface area contributed by atoms with Crippen LogP contribution in [0.25, 0.3) is 0 Å². The van der Waals surface area contributed by atoms with E-state index in [0.29, 0.717) is 19.4 Å².